The Morgan fingerprint density at radius 2 is 2.08 bits per heavy atom. The van der Waals surface area contributed by atoms with Gasteiger partial charge in [-0.1, -0.05) is 0 Å². The molecular formula is C16H21F2N3O3. The van der Waals surface area contributed by atoms with Gasteiger partial charge in [0, 0.05) is 38.0 Å². The smallest absolute Gasteiger partial charge is 0.313 e. The van der Waals surface area contributed by atoms with Crippen molar-refractivity contribution in [1.82, 2.24) is 10.2 Å². The van der Waals surface area contributed by atoms with Crippen molar-refractivity contribution in [2.75, 3.05) is 38.7 Å². The summed E-state index contributed by atoms with van der Waals surface area (Å²) in [7, 11) is 1.63. The second kappa shape index (κ2) is 8.70. The Morgan fingerprint density at radius 1 is 1.29 bits per heavy atom. The second-order valence-corrected chi connectivity index (χ2v) is 5.69. The van der Waals surface area contributed by atoms with E-state index in [0.717, 1.165) is 38.1 Å². The topological polar surface area (TPSA) is 70.7 Å². The van der Waals surface area contributed by atoms with Gasteiger partial charge >= 0.3 is 11.8 Å². The first kappa shape index (κ1) is 18.3. The third kappa shape index (κ3) is 5.24. The average Bonchev–Trinajstić information content (AvgIpc) is 2.56. The van der Waals surface area contributed by atoms with E-state index < -0.39 is 23.4 Å². The number of amides is 2. The molecule has 8 heteroatoms. The average molecular weight is 341 g/mol. The second-order valence-electron chi connectivity index (χ2n) is 5.69. The predicted molar refractivity (Wildman–Crippen MR) is 84.5 cm³/mol. The van der Waals surface area contributed by atoms with Crippen molar-refractivity contribution in [2.24, 2.45) is 0 Å². The number of nitrogens with zero attached hydrogens (tertiary/aromatic N) is 1. The molecule has 1 unspecified atom stereocenters. The minimum atomic E-state index is -1.09. The Kier molecular flexibility index (Phi) is 6.62. The minimum absolute atomic E-state index is 0.0272. The normalized spacial score (nSPS) is 18.2. The summed E-state index contributed by atoms with van der Waals surface area (Å²) in [5.74, 6) is -3.81. The van der Waals surface area contributed by atoms with Gasteiger partial charge in [-0.3, -0.25) is 14.5 Å². The molecule has 1 aromatic rings. The van der Waals surface area contributed by atoms with E-state index in [2.05, 4.69) is 15.5 Å². The van der Waals surface area contributed by atoms with Gasteiger partial charge in [-0.05, 0) is 31.5 Å². The van der Waals surface area contributed by atoms with Gasteiger partial charge in [-0.15, -0.1) is 0 Å². The highest BCUT2D eigenvalue weighted by molar-refractivity contribution is 6.39. The van der Waals surface area contributed by atoms with Gasteiger partial charge < -0.3 is 15.4 Å². The Bertz CT molecular complexity index is 598. The van der Waals surface area contributed by atoms with Crippen LogP contribution < -0.4 is 10.6 Å². The molecule has 0 aliphatic carbocycles. The van der Waals surface area contributed by atoms with Crippen LogP contribution in [0.5, 0.6) is 0 Å². The first-order valence-electron chi connectivity index (χ1n) is 7.78. The van der Waals surface area contributed by atoms with Crippen molar-refractivity contribution in [3.63, 3.8) is 0 Å². The summed E-state index contributed by atoms with van der Waals surface area (Å²) in [6.45, 7) is 2.95. The van der Waals surface area contributed by atoms with E-state index in [9.17, 15) is 18.4 Å². The fraction of sp³-hybridized carbons (Fsp3) is 0.500. The number of halogens is 2. The third-order valence-electron chi connectivity index (χ3n) is 3.84. The number of ether oxygens (including phenoxy) is 1. The molecule has 0 spiro atoms. The van der Waals surface area contributed by atoms with E-state index >= 15 is 0 Å². The molecule has 1 heterocycles. The maximum atomic E-state index is 13.1. The van der Waals surface area contributed by atoms with Crippen LogP contribution in [-0.2, 0) is 14.3 Å². The Morgan fingerprint density at radius 3 is 2.79 bits per heavy atom. The van der Waals surface area contributed by atoms with Crippen LogP contribution in [0.15, 0.2) is 18.2 Å². The van der Waals surface area contributed by atoms with Gasteiger partial charge in [0.25, 0.3) is 0 Å². The summed E-state index contributed by atoms with van der Waals surface area (Å²) in [6.07, 6.45) is 1.70. The van der Waals surface area contributed by atoms with Crippen LogP contribution >= 0.6 is 0 Å². The number of likely N-dealkylation sites (tertiary alicyclic amines) is 1. The van der Waals surface area contributed by atoms with Crippen molar-refractivity contribution in [3.8, 4) is 0 Å². The lowest BCUT2D eigenvalue weighted by atomic mass is 10.1. The molecule has 1 saturated heterocycles. The zero-order valence-corrected chi connectivity index (χ0v) is 13.5. The van der Waals surface area contributed by atoms with Gasteiger partial charge in [0.2, 0.25) is 0 Å². The lowest BCUT2D eigenvalue weighted by Crippen LogP contribution is -2.50. The van der Waals surface area contributed by atoms with Gasteiger partial charge in [0.15, 0.2) is 11.6 Å². The maximum absolute atomic E-state index is 13.1. The summed E-state index contributed by atoms with van der Waals surface area (Å²) < 4.78 is 31.0. The molecule has 2 rings (SSSR count). The Labute approximate surface area is 139 Å². The van der Waals surface area contributed by atoms with E-state index in [1.807, 2.05) is 0 Å². The molecule has 24 heavy (non-hydrogen) atoms. The fourth-order valence-electron chi connectivity index (χ4n) is 2.61. The van der Waals surface area contributed by atoms with Crippen molar-refractivity contribution < 1.29 is 23.1 Å². The van der Waals surface area contributed by atoms with Gasteiger partial charge in [0.05, 0.1) is 6.61 Å². The summed E-state index contributed by atoms with van der Waals surface area (Å²) in [4.78, 5) is 26.0. The highest BCUT2D eigenvalue weighted by Gasteiger charge is 2.24. The van der Waals surface area contributed by atoms with Gasteiger partial charge in [-0.25, -0.2) is 8.78 Å². The standard InChI is InChI=1S/C16H21F2N3O3/c1-24-8-7-21-6-2-3-12(10-21)20-16(23)15(22)19-11-4-5-13(17)14(18)9-11/h4-5,9,12H,2-3,6-8,10H2,1H3,(H,19,22)(H,20,23). The summed E-state index contributed by atoms with van der Waals surface area (Å²) in [6, 6.07) is 2.78. The highest BCUT2D eigenvalue weighted by atomic mass is 19.2. The van der Waals surface area contributed by atoms with Gasteiger partial charge in [0.1, 0.15) is 0 Å². The summed E-state index contributed by atoms with van der Waals surface area (Å²) in [5, 5.41) is 4.92. The summed E-state index contributed by atoms with van der Waals surface area (Å²) >= 11 is 0. The molecule has 0 bridgehead atoms. The molecule has 2 N–H and O–H groups in total. The molecule has 6 nitrogen and oxygen atoms in total. The molecule has 132 valence electrons. The van der Waals surface area contributed by atoms with E-state index in [1.165, 1.54) is 6.07 Å². The monoisotopic (exact) mass is 341 g/mol. The quantitative estimate of drug-likeness (QED) is 0.788. The van der Waals surface area contributed by atoms with Crippen LogP contribution in [0.1, 0.15) is 12.8 Å². The van der Waals surface area contributed by atoms with Crippen LogP contribution in [0, 0.1) is 11.6 Å². The lowest BCUT2D eigenvalue weighted by molar-refractivity contribution is -0.136. The first-order chi connectivity index (χ1) is 11.5. The molecule has 2 amide bonds. The molecular weight excluding hydrogens is 320 g/mol. The summed E-state index contributed by atoms with van der Waals surface area (Å²) in [5.41, 5.74) is 0.0272. The Balaban J connectivity index is 1.84. The number of hydrogen-bond donors (Lipinski definition) is 2. The number of methoxy groups -OCH3 is 1. The third-order valence-corrected chi connectivity index (χ3v) is 3.84. The van der Waals surface area contributed by atoms with Crippen LogP contribution in [0.2, 0.25) is 0 Å². The number of benzene rings is 1. The number of rotatable bonds is 5. The predicted octanol–water partition coefficient (Wildman–Crippen LogP) is 1.13. The molecule has 1 aromatic carbocycles. The molecule has 0 saturated carbocycles. The number of carbonyl (C=O) groups excluding carboxylic acids is 2. The molecule has 1 aliphatic rings. The number of anilines is 1. The Hall–Kier alpha value is -2.06. The zero-order chi connectivity index (χ0) is 17.5. The van der Waals surface area contributed by atoms with Crippen LogP contribution in [0.3, 0.4) is 0 Å². The molecule has 0 aromatic heterocycles. The van der Waals surface area contributed by atoms with E-state index in [4.69, 9.17) is 4.74 Å². The zero-order valence-electron chi connectivity index (χ0n) is 13.5. The highest BCUT2D eigenvalue weighted by Crippen LogP contribution is 2.13. The van der Waals surface area contributed by atoms with E-state index in [1.54, 1.807) is 7.11 Å². The molecule has 1 aliphatic heterocycles. The van der Waals surface area contributed by atoms with Crippen LogP contribution in [0.25, 0.3) is 0 Å². The first-order valence-corrected chi connectivity index (χ1v) is 7.78. The SMILES string of the molecule is COCCN1CCCC(NC(=O)C(=O)Nc2ccc(F)c(F)c2)C1. The maximum Gasteiger partial charge on any atom is 0.313 e. The van der Waals surface area contributed by atoms with Gasteiger partial charge in [-0.2, -0.15) is 0 Å². The number of hydrogen-bond acceptors (Lipinski definition) is 4. The number of carbonyl (C=O) groups is 2. The number of nitrogens with one attached hydrogen (secondary N) is 2. The van der Waals surface area contributed by atoms with Crippen molar-refractivity contribution >= 4 is 17.5 Å². The minimum Gasteiger partial charge on any atom is -0.383 e. The van der Waals surface area contributed by atoms with Crippen LogP contribution in [-0.4, -0.2) is 56.1 Å². The number of piperidine rings is 1. The largest absolute Gasteiger partial charge is 0.383 e. The molecule has 1 atom stereocenters. The van der Waals surface area contributed by atoms with Crippen molar-refractivity contribution in [2.45, 2.75) is 18.9 Å². The van der Waals surface area contributed by atoms with Crippen LogP contribution in [0.4, 0.5) is 14.5 Å². The fourth-order valence-corrected chi connectivity index (χ4v) is 2.61. The lowest BCUT2D eigenvalue weighted by Gasteiger charge is -2.32. The molecule has 1 fully saturated rings. The van der Waals surface area contributed by atoms with Crippen molar-refractivity contribution in [3.05, 3.63) is 29.8 Å². The molecule has 0 radical (unpaired) electrons. The van der Waals surface area contributed by atoms with E-state index in [0.29, 0.717) is 13.2 Å². The van der Waals surface area contributed by atoms with E-state index in [-0.39, 0.29) is 11.7 Å². The van der Waals surface area contributed by atoms with Crippen molar-refractivity contribution in [1.29, 1.82) is 0 Å².